The van der Waals surface area contributed by atoms with E-state index in [0.29, 0.717) is 25.4 Å². The molecule has 0 unspecified atom stereocenters. The molecule has 0 spiro atoms. The van der Waals surface area contributed by atoms with E-state index in [1.54, 1.807) is 18.0 Å². The van der Waals surface area contributed by atoms with Crippen molar-refractivity contribution in [1.82, 2.24) is 19.6 Å². The summed E-state index contributed by atoms with van der Waals surface area (Å²) in [7, 11) is 1.80. The molecule has 5 rings (SSSR count). The van der Waals surface area contributed by atoms with Gasteiger partial charge in [0.1, 0.15) is 11.9 Å². The van der Waals surface area contributed by atoms with Crippen LogP contribution in [0.4, 0.5) is 10.5 Å². The lowest BCUT2D eigenvalue weighted by Gasteiger charge is -2.34. The summed E-state index contributed by atoms with van der Waals surface area (Å²) in [6, 6.07) is 21.3. The van der Waals surface area contributed by atoms with Gasteiger partial charge < -0.3 is 23.9 Å². The molecule has 2 aliphatic heterocycles. The van der Waals surface area contributed by atoms with Gasteiger partial charge in [-0.3, -0.25) is 19.8 Å². The van der Waals surface area contributed by atoms with Crippen LogP contribution in [0.2, 0.25) is 0 Å². The van der Waals surface area contributed by atoms with E-state index in [4.69, 9.17) is 9.15 Å². The fourth-order valence-corrected chi connectivity index (χ4v) is 6.58. The molecule has 0 saturated carbocycles. The minimum absolute atomic E-state index is 0.0158. The van der Waals surface area contributed by atoms with Crippen LogP contribution in [0.25, 0.3) is 11.1 Å². The van der Waals surface area contributed by atoms with E-state index in [2.05, 4.69) is 15.1 Å². The van der Waals surface area contributed by atoms with Crippen LogP contribution in [0.15, 0.2) is 71.1 Å². The summed E-state index contributed by atoms with van der Waals surface area (Å²) in [6.07, 6.45) is 2.79. The first-order chi connectivity index (χ1) is 22.8. The van der Waals surface area contributed by atoms with Crippen molar-refractivity contribution in [2.45, 2.75) is 52.2 Å². The van der Waals surface area contributed by atoms with Gasteiger partial charge in [-0.1, -0.05) is 48.5 Å². The number of ether oxygens (including phenoxy) is 1. The highest BCUT2D eigenvalue weighted by molar-refractivity contribution is 5.92. The van der Waals surface area contributed by atoms with Gasteiger partial charge in [-0.25, -0.2) is 4.79 Å². The number of nitrogens with zero attached hydrogens (tertiary/aromatic N) is 4. The second-order valence-electron chi connectivity index (χ2n) is 12.6. The lowest BCUT2D eigenvalue weighted by Crippen LogP contribution is -2.44. The Labute approximate surface area is 278 Å². The number of amides is 3. The van der Waals surface area contributed by atoms with Gasteiger partial charge in [0.2, 0.25) is 5.91 Å². The molecule has 1 aromatic heterocycles. The molecular weight excluding hydrogens is 594 g/mol. The Morgan fingerprint density at radius 2 is 1.62 bits per heavy atom. The Bertz CT molecular complexity index is 1460. The van der Waals surface area contributed by atoms with E-state index in [1.165, 1.54) is 0 Å². The van der Waals surface area contributed by atoms with Crippen molar-refractivity contribution in [2.24, 2.45) is 5.92 Å². The van der Waals surface area contributed by atoms with Crippen LogP contribution in [0.3, 0.4) is 0 Å². The van der Waals surface area contributed by atoms with E-state index in [9.17, 15) is 14.4 Å². The summed E-state index contributed by atoms with van der Waals surface area (Å²) in [4.78, 5) is 46.9. The number of rotatable bonds is 12. The molecule has 1 N–H and O–H groups in total. The zero-order valence-electron chi connectivity index (χ0n) is 28.0. The molecule has 3 amide bonds. The predicted octanol–water partition coefficient (Wildman–Crippen LogP) is 5.81. The van der Waals surface area contributed by atoms with Crippen LogP contribution in [-0.4, -0.2) is 103 Å². The van der Waals surface area contributed by atoms with Crippen LogP contribution in [0.5, 0.6) is 0 Å². The van der Waals surface area contributed by atoms with Gasteiger partial charge >= 0.3 is 6.09 Å². The van der Waals surface area contributed by atoms with E-state index in [-0.39, 0.29) is 23.8 Å². The summed E-state index contributed by atoms with van der Waals surface area (Å²) in [5.41, 5.74) is 2.70. The van der Waals surface area contributed by atoms with Gasteiger partial charge in [0.15, 0.2) is 5.76 Å². The number of hydrogen-bond donors (Lipinski definition) is 1. The first-order valence-electron chi connectivity index (χ1n) is 17.0. The molecule has 2 fully saturated rings. The molecule has 2 saturated heterocycles. The lowest BCUT2D eigenvalue weighted by molar-refractivity contribution is -0.137. The van der Waals surface area contributed by atoms with E-state index < -0.39 is 6.09 Å². The van der Waals surface area contributed by atoms with E-state index in [0.717, 1.165) is 87.5 Å². The standard InChI is InChI=1S/C37H49N5O5/c1-4-42(5-2)35(43)29-14-11-21-41(26-29)27-31-17-18-34(46-31)36(44)39(3)24-25-40-22-19-30(20-23-40)47-37(45)38-33-16-10-9-15-32(33)28-12-7-6-8-13-28/h6-10,12-13,15-18,29-30H,4-5,11,14,19-27H2,1-3H3,(H,38,45)/t29-/m1/s1. The molecule has 0 bridgehead atoms. The number of nitrogens with one attached hydrogen (secondary N) is 1. The van der Waals surface area contributed by atoms with Crippen molar-refractivity contribution in [3.8, 4) is 11.1 Å². The SMILES string of the molecule is CCN(CC)C(=O)[C@@H]1CCCN(Cc2ccc(C(=O)N(C)CCN3CCC(OC(=O)Nc4ccccc4-c4ccccc4)CC3)o2)C1. The molecular formula is C37H49N5O5. The summed E-state index contributed by atoms with van der Waals surface area (Å²) >= 11 is 0. The number of likely N-dealkylation sites (tertiary alicyclic amines) is 2. The molecule has 47 heavy (non-hydrogen) atoms. The number of benzene rings is 2. The lowest BCUT2D eigenvalue weighted by atomic mass is 9.96. The van der Waals surface area contributed by atoms with Gasteiger partial charge in [0, 0.05) is 58.4 Å². The number of likely N-dealkylation sites (N-methyl/N-ethyl adjacent to an activating group) is 1. The van der Waals surface area contributed by atoms with Crippen molar-refractivity contribution in [3.63, 3.8) is 0 Å². The summed E-state index contributed by atoms with van der Waals surface area (Å²) in [6.45, 7) is 10.6. The van der Waals surface area contributed by atoms with Crippen LogP contribution in [-0.2, 0) is 16.1 Å². The number of carbonyl (C=O) groups excluding carboxylic acids is 3. The van der Waals surface area contributed by atoms with Crippen molar-refractivity contribution < 1.29 is 23.5 Å². The monoisotopic (exact) mass is 643 g/mol. The molecule has 2 aliphatic rings. The number of furan rings is 1. The van der Waals surface area contributed by atoms with Crippen LogP contribution < -0.4 is 5.32 Å². The van der Waals surface area contributed by atoms with Gasteiger partial charge in [-0.15, -0.1) is 0 Å². The Morgan fingerprint density at radius 3 is 2.36 bits per heavy atom. The Balaban J connectivity index is 1.02. The van der Waals surface area contributed by atoms with E-state index in [1.807, 2.05) is 79.4 Å². The third-order valence-corrected chi connectivity index (χ3v) is 9.34. The van der Waals surface area contributed by atoms with Crippen molar-refractivity contribution >= 4 is 23.6 Å². The average Bonchev–Trinajstić information content (AvgIpc) is 3.57. The minimum Gasteiger partial charge on any atom is -0.455 e. The fraction of sp³-hybridized carbons (Fsp3) is 0.486. The molecule has 10 nitrogen and oxygen atoms in total. The number of carbonyl (C=O) groups is 3. The van der Waals surface area contributed by atoms with Crippen molar-refractivity contribution in [1.29, 1.82) is 0 Å². The van der Waals surface area contributed by atoms with Crippen LogP contribution >= 0.6 is 0 Å². The van der Waals surface area contributed by atoms with Gasteiger partial charge in [-0.05, 0) is 69.8 Å². The van der Waals surface area contributed by atoms with Crippen molar-refractivity contribution in [3.05, 3.63) is 78.3 Å². The third kappa shape index (κ3) is 9.23. The fourth-order valence-electron chi connectivity index (χ4n) is 6.58. The van der Waals surface area contributed by atoms with Gasteiger partial charge in [0.05, 0.1) is 18.2 Å². The highest BCUT2D eigenvalue weighted by Crippen LogP contribution is 2.28. The maximum absolute atomic E-state index is 13.1. The number of anilines is 1. The maximum atomic E-state index is 13.1. The number of para-hydroxylation sites is 1. The predicted molar refractivity (Wildman–Crippen MR) is 183 cm³/mol. The van der Waals surface area contributed by atoms with E-state index >= 15 is 0 Å². The molecule has 1 atom stereocenters. The Kier molecular flexibility index (Phi) is 12.1. The van der Waals surface area contributed by atoms with Gasteiger partial charge in [-0.2, -0.15) is 0 Å². The zero-order valence-corrected chi connectivity index (χ0v) is 28.0. The largest absolute Gasteiger partial charge is 0.455 e. The average molecular weight is 644 g/mol. The molecule has 2 aromatic carbocycles. The smallest absolute Gasteiger partial charge is 0.411 e. The maximum Gasteiger partial charge on any atom is 0.411 e. The summed E-state index contributed by atoms with van der Waals surface area (Å²) < 4.78 is 11.8. The van der Waals surface area contributed by atoms with Crippen LogP contribution in [0.1, 0.15) is 55.8 Å². The normalized spacial score (nSPS) is 17.6. The van der Waals surface area contributed by atoms with Crippen LogP contribution in [0, 0.1) is 5.92 Å². The Morgan fingerprint density at radius 1 is 0.894 bits per heavy atom. The number of hydrogen-bond acceptors (Lipinski definition) is 7. The highest BCUT2D eigenvalue weighted by Gasteiger charge is 2.29. The second kappa shape index (κ2) is 16.6. The Hall–Kier alpha value is -4.15. The topological polar surface area (TPSA) is 98.6 Å². The summed E-state index contributed by atoms with van der Waals surface area (Å²) in [5, 5.41) is 2.93. The number of piperidine rings is 2. The highest BCUT2D eigenvalue weighted by atomic mass is 16.6. The summed E-state index contributed by atoms with van der Waals surface area (Å²) in [5.74, 6) is 1.19. The second-order valence-corrected chi connectivity index (χ2v) is 12.6. The first kappa shape index (κ1) is 34.2. The zero-order chi connectivity index (χ0) is 33.2. The molecule has 252 valence electrons. The molecule has 0 aliphatic carbocycles. The first-order valence-corrected chi connectivity index (χ1v) is 17.0. The molecule has 3 heterocycles. The quantitative estimate of drug-likeness (QED) is 0.266. The minimum atomic E-state index is -0.441. The third-order valence-electron chi connectivity index (χ3n) is 9.34. The molecule has 0 radical (unpaired) electrons. The van der Waals surface area contributed by atoms with Gasteiger partial charge in [0.25, 0.3) is 5.91 Å². The molecule has 3 aromatic rings. The molecule has 10 heteroatoms. The van der Waals surface area contributed by atoms with Crippen molar-refractivity contribution in [2.75, 3.05) is 64.7 Å².